The molecule has 0 fully saturated rings. The molecular weight excluding hydrogens is 294 g/mol. The van der Waals surface area contributed by atoms with Crippen molar-refractivity contribution in [3.05, 3.63) is 58.6 Å². The zero-order chi connectivity index (χ0) is 15.4. The van der Waals surface area contributed by atoms with Gasteiger partial charge < -0.3 is 16.4 Å². The predicted molar refractivity (Wildman–Crippen MR) is 94.7 cm³/mol. The van der Waals surface area contributed by atoms with E-state index in [1.54, 1.807) is 0 Å². The molecule has 116 valence electrons. The van der Waals surface area contributed by atoms with Gasteiger partial charge in [-0.15, -0.1) is 0 Å². The first-order valence-electron chi connectivity index (χ1n) is 7.83. The van der Waals surface area contributed by atoms with E-state index in [0.29, 0.717) is 5.92 Å². The molecule has 0 unspecified atom stereocenters. The average molecular weight is 316 g/mol. The van der Waals surface area contributed by atoms with Crippen molar-refractivity contribution in [3.8, 4) is 0 Å². The Hall–Kier alpha value is -1.71. The second-order valence-corrected chi connectivity index (χ2v) is 6.18. The summed E-state index contributed by atoms with van der Waals surface area (Å²) >= 11 is 6.39. The first kappa shape index (κ1) is 15.2. The molecule has 3 rings (SSSR count). The normalized spacial score (nSPS) is 14.1. The average Bonchev–Trinajstić information content (AvgIpc) is 3.01. The molecule has 1 aliphatic heterocycles. The third-order valence-electron chi connectivity index (χ3n) is 4.20. The number of hydrogen-bond acceptors (Lipinski definition) is 3. The maximum Gasteiger partial charge on any atom is 0.0851 e. The van der Waals surface area contributed by atoms with E-state index in [0.717, 1.165) is 48.9 Å². The quantitative estimate of drug-likeness (QED) is 0.748. The first-order chi connectivity index (χ1) is 10.8. The highest BCUT2D eigenvalue weighted by Crippen LogP contribution is 2.37. The van der Waals surface area contributed by atoms with E-state index in [1.165, 1.54) is 11.1 Å². The molecule has 2 aromatic carbocycles. The van der Waals surface area contributed by atoms with Gasteiger partial charge in [-0.2, -0.15) is 0 Å². The zero-order valence-electron chi connectivity index (χ0n) is 12.6. The molecule has 0 aromatic heterocycles. The Labute approximate surface area is 136 Å². The van der Waals surface area contributed by atoms with Gasteiger partial charge in [0.25, 0.3) is 0 Å². The van der Waals surface area contributed by atoms with E-state index in [4.69, 9.17) is 17.3 Å². The lowest BCUT2D eigenvalue weighted by Crippen LogP contribution is -2.07. The van der Waals surface area contributed by atoms with Gasteiger partial charge in [0.1, 0.15) is 0 Å². The van der Waals surface area contributed by atoms with Crippen LogP contribution in [-0.4, -0.2) is 13.2 Å². The molecule has 3 nitrogen and oxygen atoms in total. The van der Waals surface area contributed by atoms with Crippen LogP contribution in [0.25, 0.3) is 0 Å². The van der Waals surface area contributed by atoms with Gasteiger partial charge in [-0.05, 0) is 55.0 Å². The van der Waals surface area contributed by atoms with Crippen LogP contribution in [0.5, 0.6) is 0 Å². The second-order valence-electron chi connectivity index (χ2n) is 5.77. The molecule has 0 amide bonds. The van der Waals surface area contributed by atoms with E-state index >= 15 is 0 Å². The van der Waals surface area contributed by atoms with Crippen molar-refractivity contribution >= 4 is 23.0 Å². The second kappa shape index (κ2) is 7.03. The van der Waals surface area contributed by atoms with Gasteiger partial charge in [-0.1, -0.05) is 41.9 Å². The zero-order valence-corrected chi connectivity index (χ0v) is 13.4. The maximum absolute atomic E-state index is 6.39. The number of halogens is 1. The van der Waals surface area contributed by atoms with Crippen LogP contribution in [0.4, 0.5) is 11.4 Å². The molecule has 2 aromatic rings. The number of nitrogens with one attached hydrogen (secondary N) is 2. The number of hydrogen-bond donors (Lipinski definition) is 3. The van der Waals surface area contributed by atoms with Crippen LogP contribution in [0.3, 0.4) is 0 Å². The van der Waals surface area contributed by atoms with Crippen molar-refractivity contribution in [2.24, 2.45) is 5.73 Å². The summed E-state index contributed by atoms with van der Waals surface area (Å²) in [4.78, 5) is 0. The Morgan fingerprint density at radius 3 is 2.73 bits per heavy atom. The van der Waals surface area contributed by atoms with Crippen LogP contribution < -0.4 is 16.4 Å². The molecule has 22 heavy (non-hydrogen) atoms. The Balaban J connectivity index is 1.83. The van der Waals surface area contributed by atoms with Crippen molar-refractivity contribution in [2.75, 3.05) is 23.8 Å². The summed E-state index contributed by atoms with van der Waals surface area (Å²) in [5, 5.41) is 7.37. The van der Waals surface area contributed by atoms with Crippen molar-refractivity contribution in [2.45, 2.75) is 25.2 Å². The fraction of sp³-hybridized carbons (Fsp3) is 0.333. The van der Waals surface area contributed by atoms with Gasteiger partial charge in [-0.3, -0.25) is 0 Å². The summed E-state index contributed by atoms with van der Waals surface area (Å²) in [7, 11) is 0. The molecular formula is C18H22ClN3. The molecule has 0 radical (unpaired) electrons. The Kier molecular flexibility index (Phi) is 4.86. The fourth-order valence-corrected chi connectivity index (χ4v) is 3.40. The van der Waals surface area contributed by atoms with Crippen molar-refractivity contribution in [1.29, 1.82) is 0 Å². The van der Waals surface area contributed by atoms with Gasteiger partial charge in [-0.25, -0.2) is 0 Å². The van der Waals surface area contributed by atoms with Gasteiger partial charge >= 0.3 is 0 Å². The van der Waals surface area contributed by atoms with E-state index in [2.05, 4.69) is 53.1 Å². The Bertz CT molecular complexity index is 628. The summed E-state index contributed by atoms with van der Waals surface area (Å²) in [6, 6.07) is 15.0. The lowest BCUT2D eigenvalue weighted by atomic mass is 9.88. The third kappa shape index (κ3) is 3.37. The molecule has 0 spiro atoms. The van der Waals surface area contributed by atoms with Crippen LogP contribution in [-0.2, 0) is 6.42 Å². The summed E-state index contributed by atoms with van der Waals surface area (Å²) in [5.74, 6) is 0.480. The van der Waals surface area contributed by atoms with Gasteiger partial charge in [0.15, 0.2) is 0 Å². The summed E-state index contributed by atoms with van der Waals surface area (Å²) in [6.07, 6.45) is 3.12. The molecule has 1 aliphatic rings. The topological polar surface area (TPSA) is 50.1 Å². The Morgan fingerprint density at radius 2 is 1.95 bits per heavy atom. The van der Waals surface area contributed by atoms with E-state index in [9.17, 15) is 0 Å². The lowest BCUT2D eigenvalue weighted by molar-refractivity contribution is 0.594. The van der Waals surface area contributed by atoms with Crippen LogP contribution in [0.1, 0.15) is 29.9 Å². The number of benzene rings is 2. The molecule has 0 saturated heterocycles. The number of rotatable bonds is 6. The van der Waals surface area contributed by atoms with Crippen molar-refractivity contribution in [3.63, 3.8) is 0 Å². The van der Waals surface area contributed by atoms with Crippen LogP contribution in [0.15, 0.2) is 42.5 Å². The van der Waals surface area contributed by atoms with Crippen molar-refractivity contribution < 1.29 is 0 Å². The lowest BCUT2D eigenvalue weighted by Gasteiger charge is -2.18. The monoisotopic (exact) mass is 315 g/mol. The van der Waals surface area contributed by atoms with Crippen molar-refractivity contribution in [1.82, 2.24) is 0 Å². The summed E-state index contributed by atoms with van der Waals surface area (Å²) in [5.41, 5.74) is 10.5. The summed E-state index contributed by atoms with van der Waals surface area (Å²) < 4.78 is 0. The smallest absolute Gasteiger partial charge is 0.0851 e. The summed E-state index contributed by atoms with van der Waals surface area (Å²) in [6.45, 7) is 1.48. The van der Waals surface area contributed by atoms with E-state index in [1.807, 2.05) is 0 Å². The minimum Gasteiger partial charge on any atom is -0.366 e. The highest BCUT2D eigenvalue weighted by atomic mass is 35.5. The molecule has 0 bridgehead atoms. The third-order valence-corrected chi connectivity index (χ3v) is 4.50. The molecule has 0 saturated carbocycles. The van der Waals surface area contributed by atoms with Crippen LogP contribution in [0, 0.1) is 0 Å². The molecule has 0 aliphatic carbocycles. The number of nitrogens with two attached hydrogens (primary N) is 1. The fourth-order valence-electron chi connectivity index (χ4n) is 3.09. The SMILES string of the molecule is NCCC[C@H](Cc1cc(Cl)c2c(c1)NCN2)c1ccccc1. The van der Waals surface area contributed by atoms with E-state index in [-0.39, 0.29) is 0 Å². The Morgan fingerprint density at radius 1 is 1.14 bits per heavy atom. The largest absolute Gasteiger partial charge is 0.366 e. The minimum absolute atomic E-state index is 0.480. The molecule has 1 atom stereocenters. The minimum atomic E-state index is 0.480. The van der Waals surface area contributed by atoms with Gasteiger partial charge in [0.05, 0.1) is 23.1 Å². The number of anilines is 2. The highest BCUT2D eigenvalue weighted by Gasteiger charge is 2.17. The van der Waals surface area contributed by atoms with Crippen LogP contribution in [0.2, 0.25) is 5.02 Å². The first-order valence-corrected chi connectivity index (χ1v) is 8.21. The van der Waals surface area contributed by atoms with Crippen LogP contribution >= 0.6 is 11.6 Å². The van der Waals surface area contributed by atoms with E-state index < -0.39 is 0 Å². The predicted octanol–water partition coefficient (Wildman–Crippen LogP) is 4.20. The number of fused-ring (bicyclic) bond motifs is 1. The maximum atomic E-state index is 6.39. The molecule has 4 heteroatoms. The highest BCUT2D eigenvalue weighted by molar-refractivity contribution is 6.34. The van der Waals surface area contributed by atoms with Gasteiger partial charge in [0.2, 0.25) is 0 Å². The standard InChI is InChI=1S/C18H22ClN3/c19-16-10-13(11-17-18(16)22-12-21-17)9-15(7-4-8-20)14-5-2-1-3-6-14/h1-3,5-6,10-11,15,21-22H,4,7-9,12,20H2/t15-/m1/s1. The van der Waals surface area contributed by atoms with Gasteiger partial charge in [0, 0.05) is 0 Å². The molecule has 4 N–H and O–H groups in total. The molecule has 1 heterocycles.